The molecule has 0 fully saturated rings. The first-order valence-corrected chi connectivity index (χ1v) is 4.86. The van der Waals surface area contributed by atoms with Gasteiger partial charge in [0.05, 0.1) is 16.1 Å². The Kier molecular flexibility index (Phi) is 2.40. The highest BCUT2D eigenvalue weighted by Gasteiger charge is 2.28. The molecule has 1 aromatic carbocycles. The van der Waals surface area contributed by atoms with Crippen LogP contribution in [0.25, 0.3) is 5.76 Å². The third kappa shape index (κ3) is 1.70. The topological polar surface area (TPSA) is 29.5 Å². The van der Waals surface area contributed by atoms with Crippen LogP contribution in [-0.4, -0.2) is 25.0 Å². The number of hydrogen-bond acceptors (Lipinski definition) is 3. The highest BCUT2D eigenvalue weighted by atomic mass is 35.5. The molecule has 15 heavy (non-hydrogen) atoms. The van der Waals surface area contributed by atoms with Crippen molar-refractivity contribution in [3.05, 3.63) is 40.5 Å². The summed E-state index contributed by atoms with van der Waals surface area (Å²) in [6.07, 6.45) is 1.73. The van der Waals surface area contributed by atoms with Gasteiger partial charge in [0.2, 0.25) is 0 Å². The van der Waals surface area contributed by atoms with Crippen molar-refractivity contribution >= 4 is 23.3 Å². The van der Waals surface area contributed by atoms with Gasteiger partial charge in [0, 0.05) is 20.3 Å². The van der Waals surface area contributed by atoms with Gasteiger partial charge < -0.3 is 9.64 Å². The van der Waals surface area contributed by atoms with Crippen LogP contribution < -0.4 is 0 Å². The second kappa shape index (κ2) is 3.59. The van der Waals surface area contributed by atoms with Gasteiger partial charge in [0.15, 0.2) is 5.76 Å². The van der Waals surface area contributed by atoms with E-state index in [9.17, 15) is 4.79 Å². The second-order valence-electron chi connectivity index (χ2n) is 3.51. The molecule has 0 aliphatic carbocycles. The van der Waals surface area contributed by atoms with Gasteiger partial charge in [-0.1, -0.05) is 17.7 Å². The van der Waals surface area contributed by atoms with E-state index in [-0.39, 0.29) is 5.97 Å². The summed E-state index contributed by atoms with van der Waals surface area (Å²) in [6, 6.07) is 5.19. The van der Waals surface area contributed by atoms with E-state index in [1.165, 1.54) is 0 Å². The Morgan fingerprint density at radius 2 is 2.13 bits per heavy atom. The predicted molar refractivity (Wildman–Crippen MR) is 58.5 cm³/mol. The van der Waals surface area contributed by atoms with E-state index in [0.29, 0.717) is 21.9 Å². The molecule has 0 radical (unpaired) electrons. The number of nitrogens with zero attached hydrogens (tertiary/aromatic N) is 1. The van der Waals surface area contributed by atoms with Gasteiger partial charge >= 0.3 is 5.97 Å². The number of rotatable bonds is 1. The largest absolute Gasteiger partial charge is 0.421 e. The summed E-state index contributed by atoms with van der Waals surface area (Å²) in [5.74, 6) is 0.159. The molecule has 2 rings (SSSR count). The first-order valence-electron chi connectivity index (χ1n) is 4.49. The summed E-state index contributed by atoms with van der Waals surface area (Å²) in [5, 5.41) is 0.534. The number of carbonyl (C=O) groups excluding carboxylic acids is 1. The zero-order valence-electron chi connectivity index (χ0n) is 8.45. The lowest BCUT2D eigenvalue weighted by Crippen LogP contribution is -2.02. The van der Waals surface area contributed by atoms with Crippen molar-refractivity contribution in [3.63, 3.8) is 0 Å². The summed E-state index contributed by atoms with van der Waals surface area (Å²) in [4.78, 5) is 13.3. The standard InChI is InChI=1S/C11H10ClNO2/c1-13(2)6-9-10-7(11(14)15-9)4-3-5-8(10)12/h3-6H,1-2H3/b9-6+. The number of benzene rings is 1. The molecule has 0 amide bonds. The summed E-state index contributed by atoms with van der Waals surface area (Å²) in [6.45, 7) is 0. The van der Waals surface area contributed by atoms with E-state index in [0.717, 1.165) is 0 Å². The molecule has 1 heterocycles. The number of carbonyl (C=O) groups is 1. The van der Waals surface area contributed by atoms with Gasteiger partial charge in [-0.25, -0.2) is 4.79 Å². The van der Waals surface area contributed by atoms with Gasteiger partial charge in [-0.3, -0.25) is 0 Å². The van der Waals surface area contributed by atoms with Gasteiger partial charge in [-0.2, -0.15) is 0 Å². The lowest BCUT2D eigenvalue weighted by atomic mass is 10.1. The summed E-state index contributed by atoms with van der Waals surface area (Å²) in [5.41, 5.74) is 1.20. The van der Waals surface area contributed by atoms with E-state index >= 15 is 0 Å². The number of esters is 1. The van der Waals surface area contributed by atoms with Crippen LogP contribution >= 0.6 is 11.6 Å². The van der Waals surface area contributed by atoms with Gasteiger partial charge in [-0.15, -0.1) is 0 Å². The molecule has 3 nitrogen and oxygen atoms in total. The number of halogens is 1. The van der Waals surface area contributed by atoms with Crippen molar-refractivity contribution in [2.75, 3.05) is 14.1 Å². The molecule has 0 N–H and O–H groups in total. The van der Waals surface area contributed by atoms with Gasteiger partial charge in [-0.05, 0) is 12.1 Å². The highest BCUT2D eigenvalue weighted by Crippen LogP contribution is 2.34. The molecule has 1 aromatic rings. The van der Waals surface area contributed by atoms with Crippen LogP contribution in [0, 0.1) is 0 Å². The van der Waals surface area contributed by atoms with Crippen molar-refractivity contribution in [2.45, 2.75) is 0 Å². The van der Waals surface area contributed by atoms with E-state index in [4.69, 9.17) is 16.3 Å². The van der Waals surface area contributed by atoms with E-state index < -0.39 is 0 Å². The average molecular weight is 224 g/mol. The van der Waals surface area contributed by atoms with Crippen LogP contribution in [0.3, 0.4) is 0 Å². The van der Waals surface area contributed by atoms with Crippen molar-refractivity contribution in [2.24, 2.45) is 0 Å². The summed E-state index contributed by atoms with van der Waals surface area (Å²) >= 11 is 6.02. The average Bonchev–Trinajstić information content (AvgIpc) is 2.44. The minimum absolute atomic E-state index is 0.347. The Labute approximate surface area is 92.9 Å². The molecule has 0 bridgehead atoms. The molecule has 0 saturated carbocycles. The Hall–Kier alpha value is -1.48. The molecular formula is C11H10ClNO2. The lowest BCUT2D eigenvalue weighted by molar-refractivity contribution is 0.0714. The van der Waals surface area contributed by atoms with Crippen LogP contribution in [0.15, 0.2) is 24.4 Å². The minimum atomic E-state index is -0.347. The fourth-order valence-corrected chi connectivity index (χ4v) is 1.74. The van der Waals surface area contributed by atoms with Crippen LogP contribution in [0.1, 0.15) is 15.9 Å². The third-order valence-corrected chi connectivity index (χ3v) is 2.37. The monoisotopic (exact) mass is 223 g/mol. The normalized spacial score (nSPS) is 16.5. The van der Waals surface area contributed by atoms with E-state index in [1.807, 2.05) is 14.1 Å². The van der Waals surface area contributed by atoms with E-state index in [1.54, 1.807) is 29.3 Å². The molecule has 0 unspecified atom stereocenters. The van der Waals surface area contributed by atoms with Crippen LogP contribution in [0.5, 0.6) is 0 Å². The first kappa shape index (κ1) is 10.1. The zero-order valence-corrected chi connectivity index (χ0v) is 9.21. The first-order chi connectivity index (χ1) is 7.09. The van der Waals surface area contributed by atoms with Crippen LogP contribution in [0.4, 0.5) is 0 Å². The highest BCUT2D eigenvalue weighted by molar-refractivity contribution is 6.33. The zero-order chi connectivity index (χ0) is 11.0. The molecule has 0 spiro atoms. The maximum absolute atomic E-state index is 11.5. The third-order valence-electron chi connectivity index (χ3n) is 2.06. The molecule has 78 valence electrons. The Balaban J connectivity index is 2.58. The maximum Gasteiger partial charge on any atom is 0.344 e. The molecule has 0 saturated heterocycles. The number of fused-ring (bicyclic) bond motifs is 1. The summed E-state index contributed by atoms with van der Waals surface area (Å²) in [7, 11) is 3.71. The number of cyclic esters (lactones) is 1. The minimum Gasteiger partial charge on any atom is -0.421 e. The Bertz CT molecular complexity index is 452. The second-order valence-corrected chi connectivity index (χ2v) is 3.92. The maximum atomic E-state index is 11.5. The van der Waals surface area contributed by atoms with Gasteiger partial charge in [0.1, 0.15) is 0 Å². The molecule has 0 aromatic heterocycles. The number of ether oxygens (including phenoxy) is 1. The Morgan fingerprint density at radius 1 is 1.40 bits per heavy atom. The quantitative estimate of drug-likeness (QED) is 0.685. The molecular weight excluding hydrogens is 214 g/mol. The van der Waals surface area contributed by atoms with Crippen molar-refractivity contribution < 1.29 is 9.53 Å². The molecule has 1 aliphatic heterocycles. The van der Waals surface area contributed by atoms with Gasteiger partial charge in [0.25, 0.3) is 0 Å². The molecule has 0 atom stereocenters. The van der Waals surface area contributed by atoms with E-state index in [2.05, 4.69) is 0 Å². The Morgan fingerprint density at radius 3 is 2.80 bits per heavy atom. The lowest BCUT2D eigenvalue weighted by Gasteiger charge is -2.07. The van der Waals surface area contributed by atoms with Crippen molar-refractivity contribution in [1.82, 2.24) is 4.90 Å². The summed E-state index contributed by atoms with van der Waals surface area (Å²) < 4.78 is 5.12. The van der Waals surface area contributed by atoms with Crippen molar-refractivity contribution in [3.8, 4) is 0 Å². The number of hydrogen-bond donors (Lipinski definition) is 0. The van der Waals surface area contributed by atoms with Crippen LogP contribution in [0.2, 0.25) is 5.02 Å². The van der Waals surface area contributed by atoms with Crippen LogP contribution in [-0.2, 0) is 4.74 Å². The SMILES string of the molecule is CN(C)/C=C1/OC(=O)c2cccc(Cl)c21. The molecule has 1 aliphatic rings. The fraction of sp³-hybridized carbons (Fsp3) is 0.182. The molecule has 4 heteroatoms. The predicted octanol–water partition coefficient (Wildman–Crippen LogP) is 2.37. The fourth-order valence-electron chi connectivity index (χ4n) is 1.48. The van der Waals surface area contributed by atoms with Crippen molar-refractivity contribution in [1.29, 1.82) is 0 Å². The smallest absolute Gasteiger partial charge is 0.344 e.